The summed E-state index contributed by atoms with van der Waals surface area (Å²) in [5.41, 5.74) is 37.8. The predicted molar refractivity (Wildman–Crippen MR) is 384 cm³/mol. The summed E-state index contributed by atoms with van der Waals surface area (Å²) in [4.78, 5) is 0. The Hall–Kier alpha value is -8.15. The van der Waals surface area contributed by atoms with Crippen LogP contribution in [0.3, 0.4) is 0 Å². The number of aromatic nitrogens is 5. The summed E-state index contributed by atoms with van der Waals surface area (Å²) < 4.78 is 102. The van der Waals surface area contributed by atoms with E-state index in [1.807, 2.05) is 39.8 Å². The van der Waals surface area contributed by atoms with Gasteiger partial charge in [-0.15, -0.1) is 0 Å². The summed E-state index contributed by atoms with van der Waals surface area (Å²) in [6.45, 7) is 35.1. The van der Waals surface area contributed by atoms with Crippen molar-refractivity contribution >= 4 is 0 Å². The van der Waals surface area contributed by atoms with E-state index in [9.17, 15) is 0 Å². The van der Waals surface area contributed by atoms with Crippen molar-refractivity contribution in [3.05, 3.63) is 261 Å². The Balaban J connectivity index is 0.000000202. The lowest BCUT2D eigenvalue weighted by Gasteiger charge is -2.11. The van der Waals surface area contributed by atoms with E-state index in [0.717, 1.165) is 44.8 Å². The molecule has 5 aromatic carbocycles. The molecule has 5 heterocycles. The van der Waals surface area contributed by atoms with Gasteiger partial charge in [0.1, 0.15) is 35.2 Å². The topological polar surface area (TPSA) is 19.4 Å². The molecule has 0 saturated carbocycles. The summed E-state index contributed by atoms with van der Waals surface area (Å²) >= 11 is 0. The fourth-order valence-electron chi connectivity index (χ4n) is 12.0. The molecule has 90 heavy (non-hydrogen) atoms. The van der Waals surface area contributed by atoms with E-state index in [0.29, 0.717) is 33.4 Å². The second kappa shape index (κ2) is 29.7. The number of hydrogen-bond acceptors (Lipinski definition) is 0. The first-order chi connectivity index (χ1) is 46.9. The highest BCUT2D eigenvalue weighted by Crippen LogP contribution is 2.31. The van der Waals surface area contributed by atoms with Crippen LogP contribution in [0.15, 0.2) is 122 Å². The molecule has 0 amide bonds. The highest BCUT2D eigenvalue weighted by molar-refractivity contribution is 5.69. The first-order valence-electron chi connectivity index (χ1n) is 37.3. The minimum atomic E-state index is -2.16. The maximum Gasteiger partial charge on any atom is 0.213 e. The van der Waals surface area contributed by atoms with E-state index >= 15 is 0 Å². The molecule has 10 rings (SSSR count). The van der Waals surface area contributed by atoms with Crippen LogP contribution < -0.4 is 22.8 Å². The lowest BCUT2D eigenvalue weighted by Crippen LogP contribution is -2.31. The van der Waals surface area contributed by atoms with E-state index < -0.39 is 27.4 Å². The maximum absolute atomic E-state index is 7.62. The molecule has 5 aromatic heterocycles. The van der Waals surface area contributed by atoms with Gasteiger partial charge in [0.25, 0.3) is 0 Å². The van der Waals surface area contributed by atoms with Crippen molar-refractivity contribution in [3.8, 4) is 56.3 Å². The third-order valence-electron chi connectivity index (χ3n) is 18.4. The Labute approximate surface area is 562 Å². The van der Waals surface area contributed by atoms with E-state index in [1.165, 1.54) is 117 Å². The predicted octanol–water partition coefficient (Wildman–Crippen LogP) is 18.6. The number of rotatable bonds is 5. The third-order valence-corrected chi connectivity index (χ3v) is 18.4. The fourth-order valence-corrected chi connectivity index (χ4v) is 12.0. The van der Waals surface area contributed by atoms with Crippen molar-refractivity contribution < 1.29 is 39.3 Å². The summed E-state index contributed by atoms with van der Waals surface area (Å²) in [6, 6.07) is 30.9. The van der Waals surface area contributed by atoms with Gasteiger partial charge in [0.15, 0.2) is 31.0 Å². The number of aryl methyl sites for hydroxylation is 26. The van der Waals surface area contributed by atoms with Crippen molar-refractivity contribution in [2.75, 3.05) is 0 Å². The van der Waals surface area contributed by atoms with Gasteiger partial charge >= 0.3 is 0 Å². The minimum absolute atomic E-state index is 0.319. The number of pyridine rings is 5. The molecule has 470 valence electrons. The molecule has 0 radical (unpaired) electrons. The van der Waals surface area contributed by atoms with E-state index in [-0.39, 0.29) is 0 Å². The third kappa shape index (κ3) is 16.4. The van der Waals surface area contributed by atoms with Gasteiger partial charge in [0.05, 0.1) is 11.1 Å². The summed E-state index contributed by atoms with van der Waals surface area (Å²) in [5, 5.41) is 0. The van der Waals surface area contributed by atoms with Crippen molar-refractivity contribution in [1.29, 1.82) is 0 Å². The molecule has 0 aliphatic carbocycles. The summed E-state index contributed by atoms with van der Waals surface area (Å²) in [7, 11) is 9.98. The van der Waals surface area contributed by atoms with Crippen LogP contribution in [0.25, 0.3) is 56.3 Å². The van der Waals surface area contributed by atoms with E-state index in [4.69, 9.17) is 16.4 Å². The summed E-state index contributed by atoms with van der Waals surface area (Å²) in [6.07, 6.45) is 9.89. The van der Waals surface area contributed by atoms with Crippen molar-refractivity contribution in [3.63, 3.8) is 0 Å². The molecule has 0 spiro atoms. The quantitative estimate of drug-likeness (QED) is 0.153. The number of benzene rings is 5. The van der Waals surface area contributed by atoms with Crippen LogP contribution in [0.4, 0.5) is 0 Å². The van der Waals surface area contributed by atoms with Crippen LogP contribution in [0, 0.1) is 173 Å². The molecule has 5 heteroatoms. The number of hydrogen-bond donors (Lipinski definition) is 0. The highest BCUT2D eigenvalue weighted by atomic mass is 14.9. The summed E-state index contributed by atoms with van der Waals surface area (Å²) in [5.74, 6) is 0. The van der Waals surface area contributed by atoms with Gasteiger partial charge < -0.3 is 0 Å². The second-order valence-corrected chi connectivity index (χ2v) is 25.7. The molecule has 10 aromatic rings. The average molecular weight is 1210 g/mol. The molecule has 0 N–H and O–H groups in total. The lowest BCUT2D eigenvalue weighted by molar-refractivity contribution is -0.660. The Kier molecular flexibility index (Phi) is 18.0. The maximum atomic E-state index is 7.62. The SMILES string of the molecule is Cc1cc(-c2ccc(C)c(C)c2C)[n+](C)cc1C.Cc1cc(C)c(-c2cc(C)c(C)c[n+]2C)c(C)c1.Cc1cc(C)c(-c2cc(C)c(C)c[n+]2C)cc1C.[2H]C([2H])([2H])c1c[n+](C)c(-c2ccc(C([2H])([2H])[2H])c(C)c2C)cc1C.[2H]C([2H])([2H])c1cc(C)c(-c2cc(C)c(C([2H])([2H])[2H])c[n+]2C)c(C)c1. The van der Waals surface area contributed by atoms with Crippen LogP contribution in [0.2, 0.25) is 0 Å². The standard InChI is InChI=1S/5C17H22N/c1-11-7-14(4)16(8-12(11)2)17-9-13(3)15(5)10-18(17)6;2*1-11-7-13(3)17(14(4)8-11)16-9-12(2)15(5)10-18(16)6;2*1-11-7-8-16(15(5)14(11)4)17-9-12(2)13(3)10-18(17)6/h5*7-10H,1-6H3/q5*+1/i;1D3,5D3;;1D3,3D3;. The van der Waals surface area contributed by atoms with Crippen molar-refractivity contribution in [2.45, 2.75) is 173 Å². The molecule has 0 saturated heterocycles. The molecule has 0 atom stereocenters. The Morgan fingerprint density at radius 1 is 0.211 bits per heavy atom. The number of nitrogens with zero attached hydrogens (tertiary/aromatic N) is 5. The normalized spacial score (nSPS) is 13.3. The molecule has 0 aliphatic heterocycles. The van der Waals surface area contributed by atoms with E-state index in [2.05, 4.69) is 212 Å². The first kappa shape index (κ1) is 54.8. The van der Waals surface area contributed by atoms with Gasteiger partial charge in [0.2, 0.25) is 28.5 Å². The fraction of sp³-hybridized carbons (Fsp3) is 0.353. The second-order valence-electron chi connectivity index (χ2n) is 25.7. The molecule has 0 aliphatic rings. The Morgan fingerprint density at radius 3 is 0.878 bits per heavy atom. The van der Waals surface area contributed by atoms with E-state index in [1.54, 1.807) is 73.7 Å². The van der Waals surface area contributed by atoms with Crippen LogP contribution in [-0.2, 0) is 35.2 Å². The zero-order valence-electron chi connectivity index (χ0n) is 71.3. The van der Waals surface area contributed by atoms with Crippen molar-refractivity contribution in [2.24, 2.45) is 35.2 Å². The van der Waals surface area contributed by atoms with Gasteiger partial charge in [0, 0.05) is 91.3 Å². The molecular weight excluding hydrogens is 1090 g/mol. The zero-order valence-corrected chi connectivity index (χ0v) is 59.3. The Morgan fingerprint density at radius 2 is 0.500 bits per heavy atom. The van der Waals surface area contributed by atoms with Crippen LogP contribution in [0.1, 0.15) is 156 Å². The molecule has 5 nitrogen and oxygen atoms in total. The van der Waals surface area contributed by atoms with Gasteiger partial charge in [-0.1, -0.05) is 53.6 Å². The monoisotopic (exact) mass is 1210 g/mol. The van der Waals surface area contributed by atoms with Crippen LogP contribution in [-0.4, -0.2) is 0 Å². The molecular formula is C85H110N5+5. The lowest BCUT2D eigenvalue weighted by atomic mass is 9.95. The van der Waals surface area contributed by atoms with Gasteiger partial charge in [-0.05, 0) is 291 Å². The first-order valence-corrected chi connectivity index (χ1v) is 31.3. The Bertz CT molecular complexity index is 4620. The van der Waals surface area contributed by atoms with Crippen LogP contribution >= 0.6 is 0 Å². The zero-order chi connectivity index (χ0) is 77.2. The smallest absolute Gasteiger partial charge is 0.201 e. The molecule has 0 fully saturated rings. The molecule has 0 unspecified atom stereocenters. The van der Waals surface area contributed by atoms with Crippen LogP contribution in [0.5, 0.6) is 0 Å². The minimum Gasteiger partial charge on any atom is -0.201 e. The van der Waals surface area contributed by atoms with Gasteiger partial charge in [-0.25, -0.2) is 22.8 Å². The average Bonchev–Trinajstić information content (AvgIpc) is 0.792. The largest absolute Gasteiger partial charge is 0.213 e. The molecule has 0 bridgehead atoms. The van der Waals surface area contributed by atoms with Crippen molar-refractivity contribution in [1.82, 2.24) is 0 Å². The van der Waals surface area contributed by atoms with Gasteiger partial charge in [-0.2, -0.15) is 0 Å². The van der Waals surface area contributed by atoms with Gasteiger partial charge in [-0.3, -0.25) is 0 Å². The highest BCUT2D eigenvalue weighted by Gasteiger charge is 2.21.